The van der Waals surface area contributed by atoms with Crippen molar-refractivity contribution in [3.8, 4) is 11.5 Å². The molecule has 1 N–H and O–H groups in total. The highest BCUT2D eigenvalue weighted by Gasteiger charge is 2.25. The second-order valence-corrected chi connectivity index (χ2v) is 10.6. The number of amides is 2. The van der Waals surface area contributed by atoms with E-state index >= 15 is 0 Å². The summed E-state index contributed by atoms with van der Waals surface area (Å²) in [4.78, 5) is 14.3. The summed E-state index contributed by atoms with van der Waals surface area (Å²) in [6, 6.07) is 8.53. The van der Waals surface area contributed by atoms with Crippen molar-refractivity contribution in [2.45, 2.75) is 50.3 Å². The van der Waals surface area contributed by atoms with Crippen molar-refractivity contribution in [3.63, 3.8) is 0 Å². The standard InChI is InChI=1S/C23H28Cl2N2O6S/c1-15(2)26-23(28)27(14-17-5-4-10-32-17)13-16-6-9-21(31-3)22(11-16)33-34(29,30)18-7-8-19(24)20(25)12-18/h6-9,11-12,15,17H,4-5,10,13-14H2,1-3H3,(H,26,28). The van der Waals surface area contributed by atoms with Gasteiger partial charge in [-0.2, -0.15) is 8.42 Å². The molecule has 0 saturated carbocycles. The molecule has 8 nitrogen and oxygen atoms in total. The Morgan fingerprint density at radius 2 is 1.94 bits per heavy atom. The molecule has 2 amide bonds. The number of rotatable bonds is 9. The van der Waals surface area contributed by atoms with Gasteiger partial charge in [-0.3, -0.25) is 0 Å². The first kappa shape index (κ1) is 26.4. The van der Waals surface area contributed by atoms with Crippen LogP contribution >= 0.6 is 23.2 Å². The molecule has 1 aliphatic heterocycles. The molecule has 0 aliphatic carbocycles. The molecule has 2 aromatic carbocycles. The van der Waals surface area contributed by atoms with Crippen LogP contribution in [0.25, 0.3) is 0 Å². The molecule has 0 spiro atoms. The van der Waals surface area contributed by atoms with Crippen LogP contribution in [0.15, 0.2) is 41.3 Å². The Bertz CT molecular complexity index is 1120. The number of ether oxygens (including phenoxy) is 2. The number of halogens is 2. The van der Waals surface area contributed by atoms with E-state index in [9.17, 15) is 13.2 Å². The monoisotopic (exact) mass is 530 g/mol. The first-order valence-electron chi connectivity index (χ1n) is 10.8. The highest BCUT2D eigenvalue weighted by Crippen LogP contribution is 2.33. The van der Waals surface area contributed by atoms with Crippen molar-refractivity contribution >= 4 is 39.4 Å². The Kier molecular flexibility index (Phi) is 8.92. The van der Waals surface area contributed by atoms with Crippen LogP contribution in [0.1, 0.15) is 32.3 Å². The van der Waals surface area contributed by atoms with E-state index in [1.54, 1.807) is 23.1 Å². The summed E-state index contributed by atoms with van der Waals surface area (Å²) in [7, 11) is -2.81. The van der Waals surface area contributed by atoms with Crippen LogP contribution in [0, 0.1) is 0 Å². The Morgan fingerprint density at radius 1 is 1.18 bits per heavy atom. The molecule has 1 heterocycles. The smallest absolute Gasteiger partial charge is 0.339 e. The van der Waals surface area contributed by atoms with Gasteiger partial charge < -0.3 is 23.9 Å². The van der Waals surface area contributed by atoms with Crippen LogP contribution in [0.5, 0.6) is 11.5 Å². The average molecular weight is 531 g/mol. The number of urea groups is 1. The third kappa shape index (κ3) is 6.91. The van der Waals surface area contributed by atoms with Gasteiger partial charge in [-0.1, -0.05) is 29.3 Å². The molecule has 1 saturated heterocycles. The van der Waals surface area contributed by atoms with Gasteiger partial charge in [0.1, 0.15) is 4.90 Å². The highest BCUT2D eigenvalue weighted by molar-refractivity contribution is 7.87. The summed E-state index contributed by atoms with van der Waals surface area (Å²) in [6.45, 7) is 5.09. The van der Waals surface area contributed by atoms with Gasteiger partial charge in [-0.05, 0) is 62.6 Å². The molecule has 1 atom stereocenters. The van der Waals surface area contributed by atoms with Crippen molar-refractivity contribution in [2.24, 2.45) is 0 Å². The zero-order chi connectivity index (χ0) is 24.9. The minimum atomic E-state index is -4.22. The molecule has 1 aliphatic rings. The lowest BCUT2D eigenvalue weighted by Gasteiger charge is -2.27. The molecule has 34 heavy (non-hydrogen) atoms. The second-order valence-electron chi connectivity index (χ2n) is 8.22. The number of nitrogens with zero attached hydrogens (tertiary/aromatic N) is 1. The van der Waals surface area contributed by atoms with Crippen molar-refractivity contribution in [1.82, 2.24) is 10.2 Å². The third-order valence-corrected chi connectivity index (χ3v) is 7.10. The summed E-state index contributed by atoms with van der Waals surface area (Å²) >= 11 is 11.9. The molecule has 3 rings (SSSR count). The maximum absolute atomic E-state index is 12.9. The Morgan fingerprint density at radius 3 is 2.56 bits per heavy atom. The first-order chi connectivity index (χ1) is 16.1. The van der Waals surface area contributed by atoms with Crippen LogP contribution in [-0.2, 0) is 21.4 Å². The SMILES string of the molecule is COc1ccc(CN(CC2CCCO2)C(=O)NC(C)C)cc1OS(=O)(=O)c1ccc(Cl)c(Cl)c1. The van der Waals surface area contributed by atoms with Crippen LogP contribution in [0.4, 0.5) is 4.79 Å². The number of nitrogens with one attached hydrogen (secondary N) is 1. The largest absolute Gasteiger partial charge is 0.493 e. The lowest BCUT2D eigenvalue weighted by molar-refractivity contribution is 0.0791. The van der Waals surface area contributed by atoms with Gasteiger partial charge >= 0.3 is 16.1 Å². The summed E-state index contributed by atoms with van der Waals surface area (Å²) in [6.07, 6.45) is 1.80. The van der Waals surface area contributed by atoms with E-state index in [1.807, 2.05) is 13.8 Å². The zero-order valence-electron chi connectivity index (χ0n) is 19.2. The summed E-state index contributed by atoms with van der Waals surface area (Å²) in [5, 5.41) is 3.22. The van der Waals surface area contributed by atoms with E-state index in [1.165, 1.54) is 25.3 Å². The number of hydrogen-bond donors (Lipinski definition) is 1. The minimum Gasteiger partial charge on any atom is -0.493 e. The maximum Gasteiger partial charge on any atom is 0.339 e. The van der Waals surface area contributed by atoms with Crippen LogP contribution in [0.2, 0.25) is 10.0 Å². The summed E-state index contributed by atoms with van der Waals surface area (Å²) < 4.78 is 42.1. The van der Waals surface area contributed by atoms with Crippen molar-refractivity contribution < 1.29 is 26.9 Å². The molecular weight excluding hydrogens is 503 g/mol. The van der Waals surface area contributed by atoms with E-state index < -0.39 is 10.1 Å². The summed E-state index contributed by atoms with van der Waals surface area (Å²) in [5.41, 5.74) is 0.664. The molecule has 0 aromatic heterocycles. The van der Waals surface area contributed by atoms with Crippen molar-refractivity contribution in [3.05, 3.63) is 52.0 Å². The fourth-order valence-electron chi connectivity index (χ4n) is 3.50. The van der Waals surface area contributed by atoms with Gasteiger partial charge in [0.25, 0.3) is 0 Å². The van der Waals surface area contributed by atoms with E-state index in [0.29, 0.717) is 18.7 Å². The fraction of sp³-hybridized carbons (Fsp3) is 0.435. The quantitative estimate of drug-likeness (QED) is 0.464. The third-order valence-electron chi connectivity index (χ3n) is 5.13. The minimum absolute atomic E-state index is 0.00703. The van der Waals surface area contributed by atoms with Crippen LogP contribution in [-0.4, -0.2) is 51.8 Å². The Hall–Kier alpha value is -2.20. The Balaban J connectivity index is 1.85. The lowest BCUT2D eigenvalue weighted by atomic mass is 10.1. The second kappa shape index (κ2) is 11.5. The Labute approximate surface area is 210 Å². The van der Waals surface area contributed by atoms with Gasteiger partial charge in [-0.15, -0.1) is 0 Å². The summed E-state index contributed by atoms with van der Waals surface area (Å²) in [5.74, 6) is 0.220. The highest BCUT2D eigenvalue weighted by atomic mass is 35.5. The first-order valence-corrected chi connectivity index (χ1v) is 13.0. The van der Waals surface area contributed by atoms with Gasteiger partial charge in [0, 0.05) is 25.7 Å². The molecule has 11 heteroatoms. The topological polar surface area (TPSA) is 94.2 Å². The van der Waals surface area contributed by atoms with Crippen LogP contribution in [0.3, 0.4) is 0 Å². The zero-order valence-corrected chi connectivity index (χ0v) is 21.5. The maximum atomic E-state index is 12.9. The lowest BCUT2D eigenvalue weighted by Crippen LogP contribution is -2.45. The van der Waals surface area contributed by atoms with Crippen molar-refractivity contribution in [1.29, 1.82) is 0 Å². The van der Waals surface area contributed by atoms with E-state index in [0.717, 1.165) is 12.8 Å². The molecule has 1 unspecified atom stereocenters. The van der Waals surface area contributed by atoms with Gasteiger partial charge in [0.05, 0.1) is 23.3 Å². The number of carbonyl (C=O) groups is 1. The van der Waals surface area contributed by atoms with E-state index in [4.69, 9.17) is 36.9 Å². The molecule has 0 radical (unpaired) electrons. The normalized spacial score (nSPS) is 15.9. The fourth-order valence-corrected chi connectivity index (χ4v) is 4.82. The van der Waals surface area contributed by atoms with Gasteiger partial charge in [-0.25, -0.2) is 4.79 Å². The van der Waals surface area contributed by atoms with E-state index in [2.05, 4.69) is 5.32 Å². The van der Waals surface area contributed by atoms with E-state index in [-0.39, 0.29) is 51.2 Å². The molecule has 2 aromatic rings. The molecule has 0 bridgehead atoms. The predicted molar refractivity (Wildman–Crippen MR) is 130 cm³/mol. The van der Waals surface area contributed by atoms with Crippen LogP contribution < -0.4 is 14.2 Å². The number of methoxy groups -OCH3 is 1. The predicted octanol–water partition coefficient (Wildman–Crippen LogP) is 4.87. The average Bonchev–Trinajstić information content (AvgIpc) is 3.28. The number of carbonyl (C=O) groups excluding carboxylic acids is 1. The molecule has 1 fully saturated rings. The number of hydrogen-bond acceptors (Lipinski definition) is 6. The number of benzene rings is 2. The molecular formula is C23H28Cl2N2O6S. The molecule has 186 valence electrons. The van der Waals surface area contributed by atoms with Crippen molar-refractivity contribution in [2.75, 3.05) is 20.3 Å². The van der Waals surface area contributed by atoms with Gasteiger partial charge in [0.2, 0.25) is 0 Å². The van der Waals surface area contributed by atoms with Gasteiger partial charge in [0.15, 0.2) is 11.5 Å².